The summed E-state index contributed by atoms with van der Waals surface area (Å²) < 4.78 is 0. The summed E-state index contributed by atoms with van der Waals surface area (Å²) in [6.07, 6.45) is 9.05. The van der Waals surface area contributed by atoms with Crippen LogP contribution in [-0.2, 0) is 6.42 Å². The van der Waals surface area contributed by atoms with Crippen LogP contribution in [0.2, 0.25) is 0 Å². The molecule has 0 aliphatic carbocycles. The first-order valence-electron chi connectivity index (χ1n) is 5.55. The van der Waals surface area contributed by atoms with Gasteiger partial charge in [0.25, 0.3) is 0 Å². The molecule has 0 amide bonds. The fourth-order valence-electron chi connectivity index (χ4n) is 2.15. The third-order valence-electron chi connectivity index (χ3n) is 2.94. The molecule has 1 saturated heterocycles. The highest BCUT2D eigenvalue weighted by molar-refractivity contribution is 5.85. The van der Waals surface area contributed by atoms with Gasteiger partial charge in [0.1, 0.15) is 0 Å². The van der Waals surface area contributed by atoms with E-state index in [1.54, 1.807) is 0 Å². The van der Waals surface area contributed by atoms with Gasteiger partial charge in [0, 0.05) is 12.4 Å². The summed E-state index contributed by atoms with van der Waals surface area (Å²) in [4.78, 5) is 4.16. The molecule has 0 bridgehead atoms. The minimum atomic E-state index is 0. The van der Waals surface area contributed by atoms with Crippen LogP contribution < -0.4 is 5.32 Å². The third kappa shape index (κ3) is 5.15. The molecule has 1 aromatic heterocycles. The molecule has 0 saturated carbocycles. The van der Waals surface area contributed by atoms with Crippen LogP contribution in [-0.4, -0.2) is 18.1 Å². The van der Waals surface area contributed by atoms with Crippen molar-refractivity contribution in [3.8, 4) is 0 Å². The van der Waals surface area contributed by atoms with Crippen molar-refractivity contribution in [2.24, 2.45) is 5.92 Å². The first kappa shape index (κ1) is 15.7. The highest BCUT2D eigenvalue weighted by atomic mass is 35.5. The summed E-state index contributed by atoms with van der Waals surface area (Å²) >= 11 is 0. The molecule has 2 rings (SSSR count). The number of halogens is 2. The smallest absolute Gasteiger partial charge is 0.0299 e. The van der Waals surface area contributed by atoms with Crippen LogP contribution in [0.15, 0.2) is 24.5 Å². The van der Waals surface area contributed by atoms with E-state index >= 15 is 0 Å². The van der Waals surface area contributed by atoms with Gasteiger partial charge in [-0.3, -0.25) is 4.98 Å². The maximum atomic E-state index is 4.16. The lowest BCUT2D eigenvalue weighted by Gasteiger charge is -2.12. The van der Waals surface area contributed by atoms with Gasteiger partial charge in [-0.2, -0.15) is 0 Å². The predicted molar refractivity (Wildman–Crippen MR) is 72.6 cm³/mol. The molecule has 1 aromatic rings. The first-order valence-corrected chi connectivity index (χ1v) is 5.55. The van der Waals surface area contributed by atoms with E-state index in [0.717, 1.165) is 5.92 Å². The van der Waals surface area contributed by atoms with E-state index in [9.17, 15) is 0 Å². The molecule has 1 aliphatic heterocycles. The zero-order chi connectivity index (χ0) is 9.64. The fraction of sp³-hybridized carbons (Fsp3) is 0.583. The van der Waals surface area contributed by atoms with Gasteiger partial charge in [0.05, 0.1) is 0 Å². The summed E-state index contributed by atoms with van der Waals surface area (Å²) in [7, 11) is 0. The molecule has 0 spiro atoms. The molecule has 2 heterocycles. The van der Waals surface area contributed by atoms with Crippen molar-refractivity contribution < 1.29 is 0 Å². The largest absolute Gasteiger partial charge is 0.317 e. The second-order valence-corrected chi connectivity index (χ2v) is 4.11. The average molecular weight is 263 g/mol. The topological polar surface area (TPSA) is 24.9 Å². The number of nitrogens with one attached hydrogen (secondary N) is 1. The second-order valence-electron chi connectivity index (χ2n) is 4.11. The molecule has 2 nitrogen and oxygen atoms in total. The SMILES string of the molecule is Cl.Cl.c1cncc(CC2CCCNCC2)c1. The Morgan fingerprint density at radius 1 is 1.25 bits per heavy atom. The highest BCUT2D eigenvalue weighted by Gasteiger charge is 2.12. The number of aromatic nitrogens is 1. The Balaban J connectivity index is 0.00000112. The zero-order valence-corrected chi connectivity index (χ0v) is 11.0. The summed E-state index contributed by atoms with van der Waals surface area (Å²) in [6.45, 7) is 2.38. The molecule has 92 valence electrons. The molecule has 1 fully saturated rings. The second kappa shape index (κ2) is 8.80. The van der Waals surface area contributed by atoms with Gasteiger partial charge in [0.2, 0.25) is 0 Å². The maximum Gasteiger partial charge on any atom is 0.0299 e. The van der Waals surface area contributed by atoms with Gasteiger partial charge in [-0.1, -0.05) is 6.07 Å². The predicted octanol–water partition coefficient (Wildman–Crippen LogP) is 2.86. The van der Waals surface area contributed by atoms with E-state index < -0.39 is 0 Å². The quantitative estimate of drug-likeness (QED) is 0.887. The highest BCUT2D eigenvalue weighted by Crippen LogP contribution is 2.18. The monoisotopic (exact) mass is 262 g/mol. The average Bonchev–Trinajstić information content (AvgIpc) is 2.48. The number of pyridine rings is 1. The molecular weight excluding hydrogens is 243 g/mol. The Kier molecular flexibility index (Phi) is 8.63. The Labute approximate surface area is 110 Å². The van der Waals surface area contributed by atoms with Crippen LogP contribution in [0.1, 0.15) is 24.8 Å². The lowest BCUT2D eigenvalue weighted by atomic mass is 9.93. The summed E-state index contributed by atoms with van der Waals surface area (Å²) in [5, 5.41) is 3.45. The molecule has 4 heteroatoms. The number of hydrogen-bond acceptors (Lipinski definition) is 2. The van der Waals surface area contributed by atoms with E-state index in [-0.39, 0.29) is 24.8 Å². The third-order valence-corrected chi connectivity index (χ3v) is 2.94. The number of nitrogens with zero attached hydrogens (tertiary/aromatic N) is 1. The number of hydrogen-bond donors (Lipinski definition) is 1. The minimum Gasteiger partial charge on any atom is -0.317 e. The fourth-order valence-corrected chi connectivity index (χ4v) is 2.15. The van der Waals surface area contributed by atoms with E-state index in [1.165, 1.54) is 44.3 Å². The van der Waals surface area contributed by atoms with E-state index in [4.69, 9.17) is 0 Å². The van der Waals surface area contributed by atoms with E-state index in [0.29, 0.717) is 0 Å². The van der Waals surface area contributed by atoms with Crippen molar-refractivity contribution in [3.63, 3.8) is 0 Å². The molecule has 0 radical (unpaired) electrons. The molecule has 0 aromatic carbocycles. The molecule has 1 aliphatic rings. The molecule has 1 N–H and O–H groups in total. The summed E-state index contributed by atoms with van der Waals surface area (Å²) in [5.41, 5.74) is 1.39. The Morgan fingerprint density at radius 2 is 2.12 bits per heavy atom. The standard InChI is InChI=1S/C12H18N2.2ClH/c1-3-11(5-8-13-6-1)9-12-4-2-7-14-10-12;;/h2,4,7,10-11,13H,1,3,5-6,8-9H2;2*1H. The van der Waals surface area contributed by atoms with Crippen molar-refractivity contribution in [1.82, 2.24) is 10.3 Å². The van der Waals surface area contributed by atoms with E-state index in [2.05, 4.69) is 16.4 Å². The van der Waals surface area contributed by atoms with Gasteiger partial charge in [-0.25, -0.2) is 0 Å². The normalized spacial score (nSPS) is 20.1. The van der Waals surface area contributed by atoms with Gasteiger partial charge in [-0.15, -0.1) is 24.8 Å². The molecule has 1 unspecified atom stereocenters. The molecule has 1 atom stereocenters. The Hall–Kier alpha value is -0.310. The van der Waals surface area contributed by atoms with Crippen LogP contribution >= 0.6 is 24.8 Å². The van der Waals surface area contributed by atoms with Crippen LogP contribution in [0.4, 0.5) is 0 Å². The Morgan fingerprint density at radius 3 is 2.88 bits per heavy atom. The van der Waals surface area contributed by atoms with Gasteiger partial charge >= 0.3 is 0 Å². The first-order chi connectivity index (χ1) is 6.95. The molecule has 16 heavy (non-hydrogen) atoms. The van der Waals surface area contributed by atoms with Crippen molar-refractivity contribution in [1.29, 1.82) is 0 Å². The summed E-state index contributed by atoms with van der Waals surface area (Å²) in [5.74, 6) is 0.856. The van der Waals surface area contributed by atoms with Crippen molar-refractivity contribution in [2.75, 3.05) is 13.1 Å². The van der Waals surface area contributed by atoms with Crippen molar-refractivity contribution in [2.45, 2.75) is 25.7 Å². The van der Waals surface area contributed by atoms with Gasteiger partial charge < -0.3 is 5.32 Å². The van der Waals surface area contributed by atoms with Crippen LogP contribution in [0, 0.1) is 5.92 Å². The maximum absolute atomic E-state index is 4.16. The Bertz CT molecular complexity index is 259. The van der Waals surface area contributed by atoms with Crippen LogP contribution in [0.25, 0.3) is 0 Å². The number of rotatable bonds is 2. The van der Waals surface area contributed by atoms with Crippen LogP contribution in [0.5, 0.6) is 0 Å². The lowest BCUT2D eigenvalue weighted by Crippen LogP contribution is -2.14. The van der Waals surface area contributed by atoms with Crippen LogP contribution in [0.3, 0.4) is 0 Å². The zero-order valence-electron chi connectivity index (χ0n) is 9.39. The minimum absolute atomic E-state index is 0. The van der Waals surface area contributed by atoms with E-state index in [1.807, 2.05) is 18.5 Å². The lowest BCUT2D eigenvalue weighted by molar-refractivity contribution is 0.469. The summed E-state index contributed by atoms with van der Waals surface area (Å²) in [6, 6.07) is 4.22. The van der Waals surface area contributed by atoms with Gasteiger partial charge in [-0.05, 0) is 56.3 Å². The van der Waals surface area contributed by atoms with Crippen molar-refractivity contribution >= 4 is 24.8 Å². The molecular formula is C12H20Cl2N2. The van der Waals surface area contributed by atoms with Crippen molar-refractivity contribution in [3.05, 3.63) is 30.1 Å². The van der Waals surface area contributed by atoms with Gasteiger partial charge in [0.15, 0.2) is 0 Å².